The molecular weight excluding hydrogens is 462 g/mol. The second-order valence-electron chi connectivity index (χ2n) is 8.59. The number of benzene rings is 2. The molecule has 2 aromatic carbocycles. The number of carbonyl (C=O) groups is 2. The average Bonchev–Trinajstić information content (AvgIpc) is 3.26. The quantitative estimate of drug-likeness (QED) is 0.393. The van der Waals surface area contributed by atoms with Gasteiger partial charge in [-0.25, -0.2) is 0 Å². The predicted molar refractivity (Wildman–Crippen MR) is 139 cm³/mol. The van der Waals surface area contributed by atoms with Crippen LogP contribution in [0.1, 0.15) is 54.1 Å². The SMILES string of the molecule is CCn1c(SCC(=O)Nc2cccc(C)c2C)nnc1[C@H](NC(=O)c1ccc(OC)cc1)C(C)C. The molecule has 186 valence electrons. The van der Waals surface area contributed by atoms with Crippen LogP contribution in [-0.2, 0) is 11.3 Å². The van der Waals surface area contributed by atoms with Crippen LogP contribution in [0.2, 0.25) is 0 Å². The van der Waals surface area contributed by atoms with E-state index in [0.29, 0.717) is 28.8 Å². The fraction of sp³-hybridized carbons (Fsp3) is 0.385. The zero-order valence-corrected chi connectivity index (χ0v) is 21.9. The van der Waals surface area contributed by atoms with E-state index in [1.807, 2.05) is 57.4 Å². The van der Waals surface area contributed by atoms with Crippen molar-refractivity contribution in [1.29, 1.82) is 0 Å². The highest BCUT2D eigenvalue weighted by Crippen LogP contribution is 2.26. The van der Waals surface area contributed by atoms with Crippen LogP contribution >= 0.6 is 11.8 Å². The molecule has 0 radical (unpaired) electrons. The minimum absolute atomic E-state index is 0.0807. The van der Waals surface area contributed by atoms with E-state index in [2.05, 4.69) is 20.8 Å². The van der Waals surface area contributed by atoms with Gasteiger partial charge in [-0.15, -0.1) is 10.2 Å². The molecule has 2 amide bonds. The Bertz CT molecular complexity index is 1170. The number of aromatic nitrogens is 3. The number of thioether (sulfide) groups is 1. The molecule has 1 heterocycles. The lowest BCUT2D eigenvalue weighted by atomic mass is 10.0. The van der Waals surface area contributed by atoms with Crippen molar-refractivity contribution in [3.63, 3.8) is 0 Å². The van der Waals surface area contributed by atoms with Gasteiger partial charge in [0.1, 0.15) is 5.75 Å². The van der Waals surface area contributed by atoms with Crippen LogP contribution in [0.4, 0.5) is 5.69 Å². The second kappa shape index (κ2) is 11.9. The maximum absolute atomic E-state index is 12.9. The predicted octanol–water partition coefficient (Wildman–Crippen LogP) is 4.78. The number of hydrogen-bond acceptors (Lipinski definition) is 6. The topological polar surface area (TPSA) is 98.1 Å². The van der Waals surface area contributed by atoms with Crippen LogP contribution in [0.3, 0.4) is 0 Å². The summed E-state index contributed by atoms with van der Waals surface area (Å²) in [5.74, 6) is 1.34. The molecular formula is C26H33N5O3S. The molecule has 0 saturated carbocycles. The standard InChI is InChI=1S/C26H33N5O3S/c1-7-31-24(23(16(2)3)28-25(33)19-11-13-20(34-6)14-12-19)29-30-26(31)35-15-22(32)27-21-10-8-9-17(4)18(21)5/h8-14,16,23H,7,15H2,1-6H3,(H,27,32)(H,28,33)/t23-/m1/s1. The van der Waals surface area contributed by atoms with E-state index in [-0.39, 0.29) is 29.5 Å². The van der Waals surface area contributed by atoms with Gasteiger partial charge >= 0.3 is 0 Å². The number of nitrogens with one attached hydrogen (secondary N) is 2. The second-order valence-corrected chi connectivity index (χ2v) is 9.54. The minimum Gasteiger partial charge on any atom is -0.497 e. The molecule has 0 unspecified atom stereocenters. The summed E-state index contributed by atoms with van der Waals surface area (Å²) in [5, 5.41) is 15.4. The molecule has 0 aliphatic heterocycles. The summed E-state index contributed by atoms with van der Waals surface area (Å²) in [6.45, 7) is 10.7. The van der Waals surface area contributed by atoms with Gasteiger partial charge in [0, 0.05) is 17.8 Å². The van der Waals surface area contributed by atoms with Gasteiger partial charge in [-0.05, 0) is 68.1 Å². The van der Waals surface area contributed by atoms with Gasteiger partial charge in [-0.1, -0.05) is 37.7 Å². The van der Waals surface area contributed by atoms with Crippen molar-refractivity contribution in [3.05, 3.63) is 65.0 Å². The Morgan fingerprint density at radius 1 is 1.09 bits per heavy atom. The summed E-state index contributed by atoms with van der Waals surface area (Å²) in [4.78, 5) is 25.5. The lowest BCUT2D eigenvalue weighted by Crippen LogP contribution is -2.33. The highest BCUT2D eigenvalue weighted by molar-refractivity contribution is 7.99. The van der Waals surface area contributed by atoms with Gasteiger partial charge in [-0.3, -0.25) is 9.59 Å². The third-order valence-electron chi connectivity index (χ3n) is 5.86. The molecule has 0 bridgehead atoms. The number of rotatable bonds is 10. The van der Waals surface area contributed by atoms with Crippen molar-refractivity contribution in [2.45, 2.75) is 52.4 Å². The molecule has 0 fully saturated rings. The first-order valence-corrected chi connectivity index (χ1v) is 12.6. The van der Waals surface area contributed by atoms with E-state index < -0.39 is 0 Å². The third kappa shape index (κ3) is 6.42. The number of hydrogen-bond donors (Lipinski definition) is 2. The summed E-state index contributed by atoms with van der Waals surface area (Å²) in [7, 11) is 1.59. The molecule has 2 N–H and O–H groups in total. The molecule has 0 spiro atoms. The molecule has 0 aliphatic carbocycles. The number of methoxy groups -OCH3 is 1. The van der Waals surface area contributed by atoms with E-state index in [9.17, 15) is 9.59 Å². The zero-order valence-electron chi connectivity index (χ0n) is 21.1. The number of amides is 2. The van der Waals surface area contributed by atoms with Crippen molar-refractivity contribution < 1.29 is 14.3 Å². The minimum atomic E-state index is -0.338. The van der Waals surface area contributed by atoms with Gasteiger partial charge in [0.15, 0.2) is 11.0 Å². The first-order valence-electron chi connectivity index (χ1n) is 11.6. The van der Waals surface area contributed by atoms with Gasteiger partial charge < -0.3 is 19.9 Å². The van der Waals surface area contributed by atoms with E-state index in [1.54, 1.807) is 31.4 Å². The van der Waals surface area contributed by atoms with Crippen LogP contribution in [-0.4, -0.2) is 39.4 Å². The molecule has 0 aliphatic rings. The monoisotopic (exact) mass is 495 g/mol. The number of nitrogens with zero attached hydrogens (tertiary/aromatic N) is 3. The Morgan fingerprint density at radius 3 is 2.43 bits per heavy atom. The maximum Gasteiger partial charge on any atom is 0.251 e. The van der Waals surface area contributed by atoms with E-state index in [1.165, 1.54) is 11.8 Å². The number of carbonyl (C=O) groups excluding carboxylic acids is 2. The lowest BCUT2D eigenvalue weighted by Gasteiger charge is -2.22. The van der Waals surface area contributed by atoms with Crippen LogP contribution in [0.25, 0.3) is 0 Å². The molecule has 1 aromatic heterocycles. The van der Waals surface area contributed by atoms with E-state index >= 15 is 0 Å². The summed E-state index contributed by atoms with van der Waals surface area (Å²) in [6.07, 6.45) is 0. The lowest BCUT2D eigenvalue weighted by molar-refractivity contribution is -0.113. The highest BCUT2D eigenvalue weighted by atomic mass is 32.2. The van der Waals surface area contributed by atoms with Crippen molar-refractivity contribution in [2.75, 3.05) is 18.2 Å². The van der Waals surface area contributed by atoms with Crippen LogP contribution in [0.5, 0.6) is 5.75 Å². The Hall–Kier alpha value is -3.33. The molecule has 9 heteroatoms. The molecule has 35 heavy (non-hydrogen) atoms. The van der Waals surface area contributed by atoms with Gasteiger partial charge in [0.25, 0.3) is 5.91 Å². The zero-order chi connectivity index (χ0) is 25.5. The largest absolute Gasteiger partial charge is 0.497 e. The molecule has 8 nitrogen and oxygen atoms in total. The van der Waals surface area contributed by atoms with Crippen molar-refractivity contribution in [3.8, 4) is 5.75 Å². The highest BCUT2D eigenvalue weighted by Gasteiger charge is 2.26. The van der Waals surface area contributed by atoms with E-state index in [0.717, 1.165) is 16.8 Å². The Balaban J connectivity index is 1.71. The number of aryl methyl sites for hydroxylation is 1. The average molecular weight is 496 g/mol. The first kappa shape index (κ1) is 26.3. The summed E-state index contributed by atoms with van der Waals surface area (Å²) in [5.41, 5.74) is 3.53. The third-order valence-corrected chi connectivity index (χ3v) is 6.82. The molecule has 3 aromatic rings. The van der Waals surface area contributed by atoms with Gasteiger partial charge in [0.2, 0.25) is 5.91 Å². The van der Waals surface area contributed by atoms with Gasteiger partial charge in [0.05, 0.1) is 18.9 Å². The number of anilines is 1. The first-order chi connectivity index (χ1) is 16.7. The van der Waals surface area contributed by atoms with Crippen LogP contribution < -0.4 is 15.4 Å². The van der Waals surface area contributed by atoms with Crippen molar-refractivity contribution in [1.82, 2.24) is 20.1 Å². The van der Waals surface area contributed by atoms with Crippen LogP contribution in [0, 0.1) is 19.8 Å². The summed E-state index contributed by atoms with van der Waals surface area (Å²) >= 11 is 1.33. The molecule has 3 rings (SSSR count). The van der Waals surface area contributed by atoms with Crippen LogP contribution in [0.15, 0.2) is 47.6 Å². The molecule has 1 atom stereocenters. The Morgan fingerprint density at radius 2 is 1.80 bits per heavy atom. The van der Waals surface area contributed by atoms with Crippen molar-refractivity contribution in [2.24, 2.45) is 5.92 Å². The summed E-state index contributed by atoms with van der Waals surface area (Å²) in [6, 6.07) is 12.5. The fourth-order valence-corrected chi connectivity index (χ4v) is 4.44. The normalized spacial score (nSPS) is 11.9. The number of ether oxygens (including phenoxy) is 1. The van der Waals surface area contributed by atoms with Gasteiger partial charge in [-0.2, -0.15) is 0 Å². The smallest absolute Gasteiger partial charge is 0.251 e. The Labute approximate surface area is 210 Å². The van der Waals surface area contributed by atoms with E-state index in [4.69, 9.17) is 4.74 Å². The van der Waals surface area contributed by atoms with Crippen molar-refractivity contribution >= 4 is 29.3 Å². The maximum atomic E-state index is 12.9. The molecule has 0 saturated heterocycles. The Kier molecular flexibility index (Phi) is 8.92. The summed E-state index contributed by atoms with van der Waals surface area (Å²) < 4.78 is 7.12. The fourth-order valence-electron chi connectivity index (χ4n) is 3.63.